The summed E-state index contributed by atoms with van der Waals surface area (Å²) in [7, 11) is -3.73. The fraction of sp³-hybridized carbons (Fsp3) is 0.235. The number of aromatic nitrogens is 1. The molecule has 0 radical (unpaired) electrons. The number of sulfonamides is 1. The Hall–Kier alpha value is -2.65. The van der Waals surface area contributed by atoms with E-state index in [0.29, 0.717) is 37.7 Å². The highest BCUT2D eigenvalue weighted by Crippen LogP contribution is 2.27. The molecule has 1 saturated heterocycles. The molecule has 0 amide bonds. The zero-order valence-corrected chi connectivity index (χ0v) is 14.5. The number of halogens is 1. The topological polar surface area (TPSA) is 79.8 Å². The van der Waals surface area contributed by atoms with E-state index in [4.69, 9.17) is 8.94 Å². The molecular formula is C17H16FN3O4S. The average Bonchev–Trinajstić information content (AvgIpc) is 3.34. The maximum atomic E-state index is 13.0. The molecule has 136 valence electrons. The van der Waals surface area contributed by atoms with E-state index < -0.39 is 10.0 Å². The average molecular weight is 377 g/mol. The molecule has 1 aliphatic heterocycles. The third kappa shape index (κ3) is 3.11. The number of piperazine rings is 1. The molecule has 0 unspecified atom stereocenters. The van der Waals surface area contributed by atoms with Gasteiger partial charge in [-0.3, -0.25) is 0 Å². The van der Waals surface area contributed by atoms with Crippen molar-refractivity contribution < 1.29 is 21.7 Å². The number of hydrogen-bond donors (Lipinski definition) is 0. The van der Waals surface area contributed by atoms with Crippen molar-refractivity contribution in [3.8, 4) is 11.5 Å². The van der Waals surface area contributed by atoms with E-state index in [0.717, 1.165) is 5.69 Å². The lowest BCUT2D eigenvalue weighted by Crippen LogP contribution is -2.48. The molecule has 0 aliphatic carbocycles. The van der Waals surface area contributed by atoms with Gasteiger partial charge in [-0.15, -0.1) is 0 Å². The van der Waals surface area contributed by atoms with Gasteiger partial charge in [-0.05, 0) is 36.4 Å². The summed E-state index contributed by atoms with van der Waals surface area (Å²) >= 11 is 0. The Kier molecular flexibility index (Phi) is 4.25. The first kappa shape index (κ1) is 16.8. The van der Waals surface area contributed by atoms with Crippen LogP contribution in [0.1, 0.15) is 0 Å². The van der Waals surface area contributed by atoms with E-state index in [2.05, 4.69) is 5.16 Å². The monoisotopic (exact) mass is 377 g/mol. The lowest BCUT2D eigenvalue weighted by atomic mass is 10.2. The summed E-state index contributed by atoms with van der Waals surface area (Å²) in [6.45, 7) is 1.66. The molecule has 9 heteroatoms. The van der Waals surface area contributed by atoms with E-state index in [1.807, 2.05) is 4.90 Å². The predicted molar refractivity (Wildman–Crippen MR) is 91.6 cm³/mol. The quantitative estimate of drug-likeness (QED) is 0.695. The fourth-order valence-corrected chi connectivity index (χ4v) is 4.23. The van der Waals surface area contributed by atoms with Crippen molar-refractivity contribution >= 4 is 15.7 Å². The van der Waals surface area contributed by atoms with Crippen LogP contribution in [0.2, 0.25) is 0 Å². The molecule has 0 spiro atoms. The number of furan rings is 1. The van der Waals surface area contributed by atoms with Crippen LogP contribution in [0.3, 0.4) is 0 Å². The highest BCUT2D eigenvalue weighted by Gasteiger charge is 2.31. The molecule has 0 saturated carbocycles. The van der Waals surface area contributed by atoms with Crippen molar-refractivity contribution in [2.45, 2.75) is 5.09 Å². The van der Waals surface area contributed by atoms with Crippen molar-refractivity contribution in [2.75, 3.05) is 31.1 Å². The Morgan fingerprint density at radius 3 is 2.31 bits per heavy atom. The molecule has 1 aliphatic rings. The summed E-state index contributed by atoms with van der Waals surface area (Å²) in [5, 5.41) is 3.45. The largest absolute Gasteiger partial charge is 0.440 e. The van der Waals surface area contributed by atoms with E-state index in [9.17, 15) is 12.8 Å². The smallest absolute Gasteiger partial charge is 0.276 e. The van der Waals surface area contributed by atoms with Crippen LogP contribution in [0.5, 0.6) is 0 Å². The first-order valence-electron chi connectivity index (χ1n) is 8.05. The SMILES string of the molecule is O=S(=O)(c1ccc(-c2ccno2)o1)N1CCN(c2ccc(F)cc2)CC1. The van der Waals surface area contributed by atoms with Crippen LogP contribution in [0.25, 0.3) is 11.5 Å². The molecule has 3 heterocycles. The van der Waals surface area contributed by atoms with Gasteiger partial charge in [0.2, 0.25) is 10.9 Å². The first-order chi connectivity index (χ1) is 12.5. The van der Waals surface area contributed by atoms with Gasteiger partial charge in [0.25, 0.3) is 10.0 Å². The van der Waals surface area contributed by atoms with Crippen LogP contribution in [0, 0.1) is 5.82 Å². The van der Waals surface area contributed by atoms with Gasteiger partial charge < -0.3 is 13.8 Å². The predicted octanol–water partition coefficient (Wildman–Crippen LogP) is 2.58. The molecule has 3 aromatic rings. The first-order valence-corrected chi connectivity index (χ1v) is 9.49. The van der Waals surface area contributed by atoms with E-state index in [-0.39, 0.29) is 10.9 Å². The Bertz CT molecular complexity index is 975. The van der Waals surface area contributed by atoms with Gasteiger partial charge in [0.15, 0.2) is 5.76 Å². The van der Waals surface area contributed by atoms with Gasteiger partial charge in [0, 0.05) is 37.9 Å². The van der Waals surface area contributed by atoms with Crippen molar-refractivity contribution in [2.24, 2.45) is 0 Å². The van der Waals surface area contributed by atoms with Crippen molar-refractivity contribution in [1.29, 1.82) is 0 Å². The number of rotatable bonds is 4. The van der Waals surface area contributed by atoms with Crippen LogP contribution in [0.15, 0.2) is 62.7 Å². The fourth-order valence-electron chi connectivity index (χ4n) is 2.90. The zero-order chi connectivity index (χ0) is 18.1. The molecule has 1 aromatic carbocycles. The Balaban J connectivity index is 1.47. The van der Waals surface area contributed by atoms with Gasteiger partial charge in [-0.2, -0.15) is 4.31 Å². The van der Waals surface area contributed by atoms with E-state index in [1.54, 1.807) is 24.3 Å². The van der Waals surface area contributed by atoms with Crippen LogP contribution in [-0.4, -0.2) is 44.1 Å². The standard InChI is InChI=1S/C17H16FN3O4S/c18-13-1-3-14(4-2-13)20-9-11-21(12-10-20)26(22,23)17-6-5-15(24-17)16-7-8-19-25-16/h1-8H,9-12H2. The van der Waals surface area contributed by atoms with Crippen molar-refractivity contribution in [3.05, 3.63) is 54.5 Å². The number of benzene rings is 1. The van der Waals surface area contributed by atoms with Crippen LogP contribution in [-0.2, 0) is 10.0 Å². The van der Waals surface area contributed by atoms with Crippen LogP contribution < -0.4 is 4.90 Å². The van der Waals surface area contributed by atoms with Crippen LogP contribution in [0.4, 0.5) is 10.1 Å². The molecule has 26 heavy (non-hydrogen) atoms. The Morgan fingerprint density at radius 2 is 1.65 bits per heavy atom. The minimum absolute atomic E-state index is 0.126. The Labute approximate surface area is 149 Å². The van der Waals surface area contributed by atoms with Gasteiger partial charge in [0.05, 0.1) is 6.20 Å². The number of nitrogens with zero attached hydrogens (tertiary/aromatic N) is 3. The minimum Gasteiger partial charge on any atom is -0.440 e. The minimum atomic E-state index is -3.73. The van der Waals surface area contributed by atoms with Crippen molar-refractivity contribution in [1.82, 2.24) is 9.46 Å². The second-order valence-electron chi connectivity index (χ2n) is 5.86. The molecule has 1 fully saturated rings. The lowest BCUT2D eigenvalue weighted by molar-refractivity contribution is 0.359. The molecule has 2 aromatic heterocycles. The van der Waals surface area contributed by atoms with Gasteiger partial charge in [-0.25, -0.2) is 12.8 Å². The normalized spacial score (nSPS) is 16.1. The summed E-state index contributed by atoms with van der Waals surface area (Å²) in [6, 6.07) is 10.7. The third-order valence-corrected chi connectivity index (χ3v) is 6.06. The van der Waals surface area contributed by atoms with Gasteiger partial charge >= 0.3 is 0 Å². The lowest BCUT2D eigenvalue weighted by Gasteiger charge is -2.34. The maximum absolute atomic E-state index is 13.0. The summed E-state index contributed by atoms with van der Waals surface area (Å²) in [5.74, 6) is 0.383. The summed E-state index contributed by atoms with van der Waals surface area (Å²) in [5.41, 5.74) is 0.869. The summed E-state index contributed by atoms with van der Waals surface area (Å²) in [6.07, 6.45) is 1.46. The van der Waals surface area contributed by atoms with E-state index in [1.165, 1.54) is 28.7 Å². The molecule has 0 atom stereocenters. The molecule has 0 N–H and O–H groups in total. The van der Waals surface area contributed by atoms with Crippen molar-refractivity contribution in [3.63, 3.8) is 0 Å². The summed E-state index contributed by atoms with van der Waals surface area (Å²) < 4.78 is 50.4. The van der Waals surface area contributed by atoms with Crippen LogP contribution >= 0.6 is 0 Å². The molecule has 0 bridgehead atoms. The number of anilines is 1. The highest BCUT2D eigenvalue weighted by atomic mass is 32.2. The summed E-state index contributed by atoms with van der Waals surface area (Å²) in [4.78, 5) is 2.02. The Morgan fingerprint density at radius 1 is 0.923 bits per heavy atom. The number of hydrogen-bond acceptors (Lipinski definition) is 6. The molecule has 7 nitrogen and oxygen atoms in total. The zero-order valence-electron chi connectivity index (χ0n) is 13.7. The van der Waals surface area contributed by atoms with E-state index >= 15 is 0 Å². The molecule has 4 rings (SSSR count). The second kappa shape index (κ2) is 6.58. The van der Waals surface area contributed by atoms with Gasteiger partial charge in [-0.1, -0.05) is 5.16 Å². The third-order valence-electron chi connectivity index (χ3n) is 4.29. The molecular weight excluding hydrogens is 361 g/mol. The second-order valence-corrected chi connectivity index (χ2v) is 7.73. The highest BCUT2D eigenvalue weighted by molar-refractivity contribution is 7.89. The maximum Gasteiger partial charge on any atom is 0.276 e. The van der Waals surface area contributed by atoms with Gasteiger partial charge in [0.1, 0.15) is 5.82 Å².